The van der Waals surface area contributed by atoms with E-state index in [0.29, 0.717) is 5.92 Å². The molecule has 0 atom stereocenters. The summed E-state index contributed by atoms with van der Waals surface area (Å²) in [5.41, 5.74) is 4.91. The van der Waals surface area contributed by atoms with Crippen molar-refractivity contribution in [2.24, 2.45) is 5.92 Å². The normalized spacial score (nSPS) is 18.3. The topological polar surface area (TPSA) is 50.4 Å². The van der Waals surface area contributed by atoms with E-state index in [1.807, 2.05) is 24.3 Å². The van der Waals surface area contributed by atoms with E-state index in [1.165, 1.54) is 16.7 Å². The molecule has 0 saturated heterocycles. The fraction of sp³-hybridized carbons (Fsp3) is 0.444. The maximum Gasteiger partial charge on any atom is 0.258 e. The lowest BCUT2D eigenvalue weighted by Crippen LogP contribution is -2.41. The molecule has 4 heteroatoms. The Hall–Kier alpha value is -2.75. The average molecular weight is 421 g/mol. The van der Waals surface area contributed by atoms with Crippen molar-refractivity contribution in [2.75, 3.05) is 13.2 Å². The van der Waals surface area contributed by atoms with Crippen LogP contribution in [0.4, 0.5) is 0 Å². The number of rotatable bonds is 10. The molecule has 1 aliphatic rings. The highest BCUT2D eigenvalue weighted by Gasteiger charge is 2.22. The van der Waals surface area contributed by atoms with Crippen LogP contribution in [0.25, 0.3) is 0 Å². The van der Waals surface area contributed by atoms with Crippen molar-refractivity contribution in [1.29, 1.82) is 0 Å². The van der Waals surface area contributed by atoms with E-state index >= 15 is 0 Å². The Labute approximate surface area is 187 Å². The smallest absolute Gasteiger partial charge is 0.258 e. The molecule has 2 aromatic carbocycles. The summed E-state index contributed by atoms with van der Waals surface area (Å²) in [4.78, 5) is 12.2. The van der Waals surface area contributed by atoms with E-state index in [-0.39, 0.29) is 18.6 Å². The molecule has 31 heavy (non-hydrogen) atoms. The van der Waals surface area contributed by atoms with Gasteiger partial charge in [-0.2, -0.15) is 0 Å². The molecule has 0 unspecified atom stereocenters. The maximum absolute atomic E-state index is 12.2. The standard InChI is InChI=1S/C27H36N2O2/c1-4-22-11-15-26(16-12-22)31-19-27(30)29-25-13-9-24(10-14-25)18-28-21(3)17-23-7-5-20(2)6-8-23/h5-8,11-12,15-16,24-25,28H,3-4,9-10,13-14,17-19H2,1-2H3,(H,29,30). The first kappa shape index (κ1) is 22.9. The molecule has 2 aromatic rings. The third kappa shape index (κ3) is 7.78. The molecule has 0 bridgehead atoms. The van der Waals surface area contributed by atoms with Crippen LogP contribution in [-0.2, 0) is 17.6 Å². The van der Waals surface area contributed by atoms with Crippen LogP contribution in [0.15, 0.2) is 60.8 Å². The molecule has 2 N–H and O–H groups in total. The van der Waals surface area contributed by atoms with Gasteiger partial charge in [0.1, 0.15) is 5.75 Å². The number of allylic oxidation sites excluding steroid dienone is 1. The van der Waals surface area contributed by atoms with Crippen molar-refractivity contribution in [3.05, 3.63) is 77.5 Å². The van der Waals surface area contributed by atoms with Crippen molar-refractivity contribution in [2.45, 2.75) is 58.4 Å². The number of carbonyl (C=O) groups excluding carboxylic acids is 1. The van der Waals surface area contributed by atoms with Crippen molar-refractivity contribution in [1.82, 2.24) is 10.6 Å². The Morgan fingerprint density at radius 3 is 2.29 bits per heavy atom. The zero-order valence-electron chi connectivity index (χ0n) is 19.0. The number of nitrogens with one attached hydrogen (secondary N) is 2. The summed E-state index contributed by atoms with van der Waals surface area (Å²) < 4.78 is 5.62. The minimum absolute atomic E-state index is 0.0346. The van der Waals surface area contributed by atoms with Gasteiger partial charge >= 0.3 is 0 Å². The molecular formula is C27H36N2O2. The van der Waals surface area contributed by atoms with Gasteiger partial charge in [0.15, 0.2) is 6.61 Å². The molecule has 166 valence electrons. The van der Waals surface area contributed by atoms with Crippen LogP contribution in [0.3, 0.4) is 0 Å². The Balaban J connectivity index is 1.30. The van der Waals surface area contributed by atoms with E-state index in [0.717, 1.165) is 56.5 Å². The van der Waals surface area contributed by atoms with Gasteiger partial charge in [0.2, 0.25) is 0 Å². The predicted octanol–water partition coefficient (Wildman–Crippen LogP) is 4.96. The number of hydrogen-bond donors (Lipinski definition) is 2. The third-order valence-electron chi connectivity index (χ3n) is 6.09. The molecule has 4 nitrogen and oxygen atoms in total. The first-order chi connectivity index (χ1) is 15.0. The zero-order chi connectivity index (χ0) is 22.1. The van der Waals surface area contributed by atoms with Crippen LogP contribution in [0.1, 0.15) is 49.3 Å². The molecule has 1 amide bonds. The summed E-state index contributed by atoms with van der Waals surface area (Å²) in [7, 11) is 0. The number of amides is 1. The van der Waals surface area contributed by atoms with Gasteiger partial charge in [0, 0.05) is 24.7 Å². The summed E-state index contributed by atoms with van der Waals surface area (Å²) in [6.07, 6.45) is 6.15. The highest BCUT2D eigenvalue weighted by Crippen LogP contribution is 2.24. The van der Waals surface area contributed by atoms with Crippen LogP contribution in [-0.4, -0.2) is 25.1 Å². The fourth-order valence-corrected chi connectivity index (χ4v) is 4.05. The molecule has 1 fully saturated rings. The molecule has 0 radical (unpaired) electrons. The molecular weight excluding hydrogens is 384 g/mol. The van der Waals surface area contributed by atoms with Crippen LogP contribution >= 0.6 is 0 Å². The first-order valence-electron chi connectivity index (χ1n) is 11.5. The van der Waals surface area contributed by atoms with E-state index in [9.17, 15) is 4.79 Å². The largest absolute Gasteiger partial charge is 0.484 e. The van der Waals surface area contributed by atoms with E-state index in [2.05, 4.69) is 55.3 Å². The van der Waals surface area contributed by atoms with Gasteiger partial charge in [-0.1, -0.05) is 55.5 Å². The SMILES string of the molecule is C=C(Cc1ccc(C)cc1)NCC1CCC(NC(=O)COc2ccc(CC)cc2)CC1. The molecule has 0 heterocycles. The fourth-order valence-electron chi connectivity index (χ4n) is 4.05. The molecule has 0 aliphatic heterocycles. The first-order valence-corrected chi connectivity index (χ1v) is 11.5. The van der Waals surface area contributed by atoms with Crippen molar-refractivity contribution >= 4 is 5.91 Å². The molecule has 1 saturated carbocycles. The molecule has 1 aliphatic carbocycles. The van der Waals surface area contributed by atoms with Gasteiger partial charge in [0.05, 0.1) is 0 Å². The second-order valence-corrected chi connectivity index (χ2v) is 8.72. The second kappa shape index (κ2) is 11.6. The molecule has 0 aromatic heterocycles. The summed E-state index contributed by atoms with van der Waals surface area (Å²) in [6.45, 7) is 9.45. The molecule has 3 rings (SSSR count). The van der Waals surface area contributed by atoms with E-state index < -0.39 is 0 Å². The Morgan fingerprint density at radius 2 is 1.65 bits per heavy atom. The van der Waals surface area contributed by atoms with Crippen molar-refractivity contribution < 1.29 is 9.53 Å². The number of aryl methyl sites for hydroxylation is 2. The lowest BCUT2D eigenvalue weighted by atomic mass is 9.86. The summed E-state index contributed by atoms with van der Waals surface area (Å²) in [5.74, 6) is 1.34. The number of carbonyl (C=O) groups is 1. The summed E-state index contributed by atoms with van der Waals surface area (Å²) in [6, 6.07) is 16.8. The van der Waals surface area contributed by atoms with Crippen LogP contribution < -0.4 is 15.4 Å². The maximum atomic E-state index is 12.2. The minimum atomic E-state index is -0.0346. The highest BCUT2D eigenvalue weighted by molar-refractivity contribution is 5.77. The van der Waals surface area contributed by atoms with Crippen molar-refractivity contribution in [3.63, 3.8) is 0 Å². The number of hydrogen-bond acceptors (Lipinski definition) is 3. The zero-order valence-corrected chi connectivity index (χ0v) is 19.0. The molecule has 0 spiro atoms. The quantitative estimate of drug-likeness (QED) is 0.571. The van der Waals surface area contributed by atoms with Gasteiger partial charge in [-0.3, -0.25) is 4.79 Å². The lowest BCUT2D eigenvalue weighted by Gasteiger charge is -2.29. The van der Waals surface area contributed by atoms with Crippen LogP contribution in [0.2, 0.25) is 0 Å². The Morgan fingerprint density at radius 1 is 1.00 bits per heavy atom. The predicted molar refractivity (Wildman–Crippen MR) is 127 cm³/mol. The van der Waals surface area contributed by atoms with Crippen LogP contribution in [0, 0.1) is 12.8 Å². The average Bonchev–Trinajstić information content (AvgIpc) is 2.79. The Bertz CT molecular complexity index is 835. The van der Waals surface area contributed by atoms with Crippen molar-refractivity contribution in [3.8, 4) is 5.75 Å². The lowest BCUT2D eigenvalue weighted by molar-refractivity contribution is -0.124. The second-order valence-electron chi connectivity index (χ2n) is 8.72. The summed E-state index contributed by atoms with van der Waals surface area (Å²) in [5, 5.41) is 6.65. The van der Waals surface area contributed by atoms with E-state index in [4.69, 9.17) is 4.74 Å². The van der Waals surface area contributed by atoms with Gasteiger partial charge < -0.3 is 15.4 Å². The Kier molecular flexibility index (Phi) is 8.57. The minimum Gasteiger partial charge on any atom is -0.484 e. The van der Waals surface area contributed by atoms with Crippen LogP contribution in [0.5, 0.6) is 5.75 Å². The third-order valence-corrected chi connectivity index (χ3v) is 6.09. The number of benzene rings is 2. The van der Waals surface area contributed by atoms with Gasteiger partial charge in [-0.05, 0) is 68.2 Å². The van der Waals surface area contributed by atoms with Gasteiger partial charge in [0.25, 0.3) is 5.91 Å². The van der Waals surface area contributed by atoms with Gasteiger partial charge in [-0.15, -0.1) is 0 Å². The highest BCUT2D eigenvalue weighted by atomic mass is 16.5. The monoisotopic (exact) mass is 420 g/mol. The number of ether oxygens (including phenoxy) is 1. The van der Waals surface area contributed by atoms with Gasteiger partial charge in [-0.25, -0.2) is 0 Å². The van der Waals surface area contributed by atoms with E-state index in [1.54, 1.807) is 0 Å². The summed E-state index contributed by atoms with van der Waals surface area (Å²) >= 11 is 0.